The number of thioether (sulfide) groups is 1. The first-order chi connectivity index (χ1) is 12.9. The number of thiophene rings is 1. The molecule has 1 aliphatic rings. The standard InChI is InChI=1S/C19H21NO4S3/c1-25-15-7-5-14(6-8-15)13-16(19(21)22)17-9-10-18(26-17)27(23,24)20-11-3-2-4-12-20/h5-10,13H,2-4,11-12H2,1H3,(H,21,22). The lowest BCUT2D eigenvalue weighted by molar-refractivity contribution is -0.130. The van der Waals surface area contributed by atoms with Crippen LogP contribution < -0.4 is 0 Å². The SMILES string of the molecule is CSc1ccc(C=C(C(=O)O)c2ccc(S(=O)(=O)N3CCCCC3)s2)cc1. The summed E-state index contributed by atoms with van der Waals surface area (Å²) >= 11 is 2.63. The Morgan fingerprint density at radius 2 is 1.78 bits per heavy atom. The van der Waals surface area contributed by atoms with Crippen LogP contribution in [0.4, 0.5) is 0 Å². The smallest absolute Gasteiger partial charge is 0.337 e. The topological polar surface area (TPSA) is 74.7 Å². The third-order valence-electron chi connectivity index (χ3n) is 4.41. The van der Waals surface area contributed by atoms with Crippen LogP contribution in [-0.4, -0.2) is 43.1 Å². The Morgan fingerprint density at radius 3 is 2.37 bits per heavy atom. The van der Waals surface area contributed by atoms with Crippen molar-refractivity contribution in [3.05, 3.63) is 46.8 Å². The van der Waals surface area contributed by atoms with Gasteiger partial charge >= 0.3 is 5.97 Å². The fourth-order valence-electron chi connectivity index (χ4n) is 2.94. The molecule has 1 N–H and O–H groups in total. The van der Waals surface area contributed by atoms with Gasteiger partial charge in [0.05, 0.1) is 5.57 Å². The van der Waals surface area contributed by atoms with E-state index in [4.69, 9.17) is 0 Å². The number of piperidine rings is 1. The van der Waals surface area contributed by atoms with Crippen molar-refractivity contribution in [2.45, 2.75) is 28.4 Å². The van der Waals surface area contributed by atoms with Crippen LogP contribution >= 0.6 is 23.1 Å². The van der Waals surface area contributed by atoms with Gasteiger partial charge in [0.2, 0.25) is 0 Å². The highest BCUT2D eigenvalue weighted by atomic mass is 32.2. The Kier molecular flexibility index (Phi) is 6.41. The number of rotatable bonds is 6. The van der Waals surface area contributed by atoms with Gasteiger partial charge in [0, 0.05) is 22.9 Å². The molecule has 0 aliphatic carbocycles. The summed E-state index contributed by atoms with van der Waals surface area (Å²) in [5.74, 6) is -1.08. The van der Waals surface area contributed by atoms with Crippen molar-refractivity contribution in [3.63, 3.8) is 0 Å². The molecule has 1 fully saturated rings. The highest BCUT2D eigenvalue weighted by Gasteiger charge is 2.28. The lowest BCUT2D eigenvalue weighted by Gasteiger charge is -2.25. The third-order valence-corrected chi connectivity index (χ3v) is 8.64. The summed E-state index contributed by atoms with van der Waals surface area (Å²) in [5, 5.41) is 9.62. The number of carboxylic acids is 1. The first kappa shape index (κ1) is 20.1. The number of aliphatic carboxylic acids is 1. The summed E-state index contributed by atoms with van der Waals surface area (Å²) in [6.45, 7) is 1.05. The largest absolute Gasteiger partial charge is 0.478 e. The van der Waals surface area contributed by atoms with Gasteiger partial charge in [0.15, 0.2) is 0 Å². The first-order valence-electron chi connectivity index (χ1n) is 8.61. The summed E-state index contributed by atoms with van der Waals surface area (Å²) in [7, 11) is -3.55. The molecule has 8 heteroatoms. The van der Waals surface area contributed by atoms with E-state index in [1.54, 1.807) is 23.9 Å². The second kappa shape index (κ2) is 8.60. The van der Waals surface area contributed by atoms with Gasteiger partial charge in [-0.15, -0.1) is 23.1 Å². The molecule has 0 unspecified atom stereocenters. The van der Waals surface area contributed by atoms with Crippen LogP contribution in [0.1, 0.15) is 29.7 Å². The Labute approximate surface area is 167 Å². The molecule has 0 saturated carbocycles. The number of carbonyl (C=O) groups is 1. The molecule has 0 bridgehead atoms. The maximum Gasteiger partial charge on any atom is 0.337 e. The van der Waals surface area contributed by atoms with E-state index in [1.165, 1.54) is 10.4 Å². The molecule has 5 nitrogen and oxygen atoms in total. The average Bonchev–Trinajstić information content (AvgIpc) is 3.17. The third kappa shape index (κ3) is 4.63. The first-order valence-corrected chi connectivity index (χ1v) is 12.1. The van der Waals surface area contributed by atoms with Crippen LogP contribution in [0.2, 0.25) is 0 Å². The molecule has 0 amide bonds. The second-order valence-electron chi connectivity index (χ2n) is 6.22. The normalized spacial score (nSPS) is 16.4. The van der Waals surface area contributed by atoms with E-state index in [0.29, 0.717) is 18.0 Å². The number of sulfonamides is 1. The maximum absolute atomic E-state index is 12.8. The maximum atomic E-state index is 12.8. The van der Waals surface area contributed by atoms with Crippen molar-refractivity contribution in [1.29, 1.82) is 0 Å². The summed E-state index contributed by atoms with van der Waals surface area (Å²) in [4.78, 5) is 13.3. The van der Waals surface area contributed by atoms with Crippen molar-refractivity contribution in [3.8, 4) is 0 Å². The molecule has 2 aromatic rings. The summed E-state index contributed by atoms with van der Waals surface area (Å²) in [6, 6.07) is 10.7. The van der Waals surface area contributed by atoms with E-state index >= 15 is 0 Å². The molecule has 2 heterocycles. The summed E-state index contributed by atoms with van der Waals surface area (Å²) in [5.41, 5.74) is 0.857. The zero-order chi connectivity index (χ0) is 19.4. The quantitative estimate of drug-likeness (QED) is 0.555. The van der Waals surface area contributed by atoms with Crippen LogP contribution in [0.25, 0.3) is 11.6 Å². The highest BCUT2D eigenvalue weighted by Crippen LogP contribution is 2.32. The Bertz CT molecular complexity index is 940. The fourth-order valence-corrected chi connectivity index (χ4v) is 6.33. The molecule has 1 aliphatic heterocycles. The zero-order valence-electron chi connectivity index (χ0n) is 14.9. The number of hydrogen-bond acceptors (Lipinski definition) is 5. The van der Waals surface area contributed by atoms with E-state index in [-0.39, 0.29) is 9.78 Å². The van der Waals surface area contributed by atoms with Crippen LogP contribution in [0.5, 0.6) is 0 Å². The number of carboxylic acid groups (broad SMARTS) is 1. The molecular formula is C19H21NO4S3. The minimum Gasteiger partial charge on any atom is -0.478 e. The van der Waals surface area contributed by atoms with Gasteiger partial charge in [0.25, 0.3) is 10.0 Å². The van der Waals surface area contributed by atoms with Gasteiger partial charge in [-0.05, 0) is 55.0 Å². The van der Waals surface area contributed by atoms with Crippen LogP contribution in [0.3, 0.4) is 0 Å². The lowest BCUT2D eigenvalue weighted by Crippen LogP contribution is -2.35. The van der Waals surface area contributed by atoms with Crippen LogP contribution in [0.15, 0.2) is 45.5 Å². The predicted octanol–water partition coefficient (Wildman–Crippen LogP) is 4.27. The van der Waals surface area contributed by atoms with Gasteiger partial charge in [0.1, 0.15) is 4.21 Å². The van der Waals surface area contributed by atoms with Gasteiger partial charge in [-0.2, -0.15) is 4.31 Å². The fraction of sp³-hybridized carbons (Fsp3) is 0.316. The average molecular weight is 424 g/mol. The number of benzene rings is 1. The predicted molar refractivity (Wildman–Crippen MR) is 111 cm³/mol. The van der Waals surface area contributed by atoms with Crippen molar-refractivity contribution in [2.24, 2.45) is 0 Å². The zero-order valence-corrected chi connectivity index (χ0v) is 17.4. The van der Waals surface area contributed by atoms with E-state index < -0.39 is 16.0 Å². The molecule has 27 heavy (non-hydrogen) atoms. The lowest BCUT2D eigenvalue weighted by atomic mass is 10.1. The van der Waals surface area contributed by atoms with Crippen molar-refractivity contribution >= 4 is 50.7 Å². The van der Waals surface area contributed by atoms with Crippen molar-refractivity contribution < 1.29 is 18.3 Å². The van der Waals surface area contributed by atoms with E-state index in [0.717, 1.165) is 41.1 Å². The minimum absolute atomic E-state index is 0.0944. The molecule has 0 radical (unpaired) electrons. The van der Waals surface area contributed by atoms with Gasteiger partial charge < -0.3 is 5.11 Å². The number of hydrogen-bond donors (Lipinski definition) is 1. The Hall–Kier alpha value is -1.61. The van der Waals surface area contributed by atoms with Gasteiger partial charge in [-0.25, -0.2) is 13.2 Å². The van der Waals surface area contributed by atoms with E-state index in [9.17, 15) is 18.3 Å². The second-order valence-corrected chi connectivity index (χ2v) is 10.3. The Morgan fingerprint density at radius 1 is 1.11 bits per heavy atom. The summed E-state index contributed by atoms with van der Waals surface area (Å²) < 4.78 is 27.3. The van der Waals surface area contributed by atoms with Crippen LogP contribution in [0, 0.1) is 0 Å². The molecule has 3 rings (SSSR count). The van der Waals surface area contributed by atoms with Crippen molar-refractivity contribution in [1.82, 2.24) is 4.31 Å². The van der Waals surface area contributed by atoms with Gasteiger partial charge in [-0.3, -0.25) is 0 Å². The minimum atomic E-state index is -3.55. The van der Waals surface area contributed by atoms with E-state index in [2.05, 4.69) is 0 Å². The Balaban J connectivity index is 1.91. The highest BCUT2D eigenvalue weighted by molar-refractivity contribution is 7.98. The monoisotopic (exact) mass is 423 g/mol. The molecule has 1 saturated heterocycles. The molecule has 1 aromatic carbocycles. The number of nitrogens with zero attached hydrogens (tertiary/aromatic N) is 1. The summed E-state index contributed by atoms with van der Waals surface area (Å²) in [6.07, 6.45) is 6.33. The van der Waals surface area contributed by atoms with Gasteiger partial charge in [-0.1, -0.05) is 18.6 Å². The molecule has 144 valence electrons. The molecular weight excluding hydrogens is 402 g/mol. The van der Waals surface area contributed by atoms with E-state index in [1.807, 2.05) is 30.5 Å². The van der Waals surface area contributed by atoms with Crippen LogP contribution in [-0.2, 0) is 14.8 Å². The molecule has 0 spiro atoms. The van der Waals surface area contributed by atoms with Crippen molar-refractivity contribution in [2.75, 3.05) is 19.3 Å². The molecule has 0 atom stereocenters. The molecule has 1 aromatic heterocycles.